The third-order valence-corrected chi connectivity index (χ3v) is 3.89. The smallest absolute Gasteiger partial charge is 0.328 e. The van der Waals surface area contributed by atoms with Gasteiger partial charge in [-0.1, -0.05) is 13.3 Å². The summed E-state index contributed by atoms with van der Waals surface area (Å²) in [5, 5.41) is 20.6. The summed E-state index contributed by atoms with van der Waals surface area (Å²) in [4.78, 5) is 24.4. The van der Waals surface area contributed by atoms with Crippen molar-refractivity contribution < 1.29 is 19.8 Å². The Morgan fingerprint density at radius 2 is 2.11 bits per heavy atom. The summed E-state index contributed by atoms with van der Waals surface area (Å²) in [7, 11) is 0. The first-order valence-corrected chi connectivity index (χ1v) is 6.99. The van der Waals surface area contributed by atoms with E-state index in [2.05, 4.69) is 12.2 Å². The number of rotatable bonds is 6. The number of hydrogen-bond donors (Lipinski definition) is 3. The summed E-state index contributed by atoms with van der Waals surface area (Å²) in [5.74, 6) is -1.70. The Morgan fingerprint density at radius 1 is 1.47 bits per heavy atom. The van der Waals surface area contributed by atoms with E-state index in [1.807, 2.05) is 6.92 Å². The lowest BCUT2D eigenvalue weighted by molar-refractivity contribution is -0.141. The lowest BCUT2D eigenvalue weighted by Crippen LogP contribution is -2.47. The molecule has 0 aromatic carbocycles. The van der Waals surface area contributed by atoms with Crippen LogP contribution in [0.3, 0.4) is 0 Å². The Hall–Kier alpha value is -1.40. The van der Waals surface area contributed by atoms with E-state index >= 15 is 0 Å². The van der Waals surface area contributed by atoms with E-state index in [-0.39, 0.29) is 0 Å². The van der Waals surface area contributed by atoms with Crippen molar-refractivity contribution in [2.75, 3.05) is 0 Å². The molecule has 19 heavy (non-hydrogen) atoms. The maximum absolute atomic E-state index is 12.0. The van der Waals surface area contributed by atoms with E-state index in [1.54, 1.807) is 6.07 Å². The molecule has 3 N–H and O–H groups in total. The third-order valence-electron chi connectivity index (χ3n) is 2.80. The number of hydrogen-bond acceptors (Lipinski definition) is 4. The highest BCUT2D eigenvalue weighted by Crippen LogP contribution is 2.22. The molecule has 1 amide bonds. The fraction of sp³-hybridized carbons (Fsp3) is 0.538. The van der Waals surface area contributed by atoms with E-state index < -0.39 is 24.0 Å². The summed E-state index contributed by atoms with van der Waals surface area (Å²) in [6.45, 7) is 5.34. The fourth-order valence-corrected chi connectivity index (χ4v) is 2.73. The van der Waals surface area contributed by atoms with Crippen LogP contribution in [0, 0.1) is 6.92 Å². The van der Waals surface area contributed by atoms with E-state index in [0.29, 0.717) is 4.88 Å². The number of carbonyl (C=O) groups excluding carboxylic acids is 1. The van der Waals surface area contributed by atoms with Crippen molar-refractivity contribution >= 4 is 23.2 Å². The van der Waals surface area contributed by atoms with Crippen molar-refractivity contribution in [3.8, 4) is 0 Å². The van der Waals surface area contributed by atoms with Gasteiger partial charge in [0.1, 0.15) is 0 Å². The average Bonchev–Trinajstić information content (AvgIpc) is 2.67. The van der Waals surface area contributed by atoms with Gasteiger partial charge >= 0.3 is 5.97 Å². The number of carboxylic acids is 1. The zero-order valence-electron chi connectivity index (χ0n) is 11.3. The van der Waals surface area contributed by atoms with E-state index in [4.69, 9.17) is 5.11 Å². The number of nitrogens with one attached hydrogen (secondary N) is 1. The van der Waals surface area contributed by atoms with Gasteiger partial charge in [-0.05, 0) is 31.9 Å². The predicted octanol–water partition coefficient (Wildman–Crippen LogP) is 1.57. The van der Waals surface area contributed by atoms with Crippen LogP contribution in [-0.2, 0) is 11.2 Å². The molecule has 0 spiro atoms. The van der Waals surface area contributed by atoms with E-state index in [0.717, 1.165) is 23.3 Å². The molecular formula is C13H19NO4S. The van der Waals surface area contributed by atoms with Gasteiger partial charge in [-0.15, -0.1) is 11.3 Å². The van der Waals surface area contributed by atoms with E-state index in [1.165, 1.54) is 18.3 Å². The second kappa shape index (κ2) is 6.68. The molecule has 6 heteroatoms. The number of aliphatic hydroxyl groups excluding tert-OH is 1. The molecule has 1 rings (SSSR count). The molecule has 0 aliphatic heterocycles. The molecule has 1 aromatic rings. The zero-order chi connectivity index (χ0) is 14.6. The van der Waals surface area contributed by atoms with Gasteiger partial charge in [0.05, 0.1) is 11.0 Å². The predicted molar refractivity (Wildman–Crippen MR) is 73.6 cm³/mol. The topological polar surface area (TPSA) is 86.6 Å². The average molecular weight is 285 g/mol. The quantitative estimate of drug-likeness (QED) is 0.740. The zero-order valence-corrected chi connectivity index (χ0v) is 12.1. The minimum atomic E-state index is -1.29. The maximum atomic E-state index is 12.0. The standard InChI is InChI=1S/C13H19NO4S/c1-4-5-9-6-10(19-8(9)3)12(16)14-11(7(2)15)13(17)18/h6-7,11,15H,4-5H2,1-3H3,(H,14,16)(H,17,18). The molecule has 5 nitrogen and oxygen atoms in total. The van der Waals surface area contributed by atoms with Crippen LogP contribution in [0.5, 0.6) is 0 Å². The Balaban J connectivity index is 2.83. The van der Waals surface area contributed by atoms with Crippen molar-refractivity contribution in [3.05, 3.63) is 21.4 Å². The number of aryl methyl sites for hydroxylation is 2. The Morgan fingerprint density at radius 3 is 2.58 bits per heavy atom. The number of aliphatic carboxylic acids is 1. The number of thiophene rings is 1. The monoisotopic (exact) mass is 285 g/mol. The molecule has 2 unspecified atom stereocenters. The van der Waals surface area contributed by atoms with Gasteiger partial charge in [-0.25, -0.2) is 4.79 Å². The normalized spacial score (nSPS) is 13.9. The van der Waals surface area contributed by atoms with Crippen molar-refractivity contribution in [2.24, 2.45) is 0 Å². The first-order valence-electron chi connectivity index (χ1n) is 6.17. The molecule has 0 saturated carbocycles. The van der Waals surface area contributed by atoms with Gasteiger partial charge in [0.25, 0.3) is 5.91 Å². The number of carboxylic acid groups (broad SMARTS) is 1. The number of carbonyl (C=O) groups is 2. The Labute approximate surface area is 116 Å². The van der Waals surface area contributed by atoms with Gasteiger partial charge in [0.15, 0.2) is 6.04 Å². The molecular weight excluding hydrogens is 266 g/mol. The Kier molecular flexibility index (Phi) is 5.50. The molecule has 106 valence electrons. The maximum Gasteiger partial charge on any atom is 0.328 e. The fourth-order valence-electron chi connectivity index (χ4n) is 1.75. The Bertz CT molecular complexity index is 467. The van der Waals surface area contributed by atoms with Crippen molar-refractivity contribution in [1.29, 1.82) is 0 Å². The highest BCUT2D eigenvalue weighted by Gasteiger charge is 2.26. The van der Waals surface area contributed by atoms with E-state index in [9.17, 15) is 14.7 Å². The van der Waals surface area contributed by atoms with Gasteiger partial charge in [-0.3, -0.25) is 4.79 Å². The molecule has 0 saturated heterocycles. The highest BCUT2D eigenvalue weighted by atomic mass is 32.1. The van der Waals surface area contributed by atoms with Crippen molar-refractivity contribution in [1.82, 2.24) is 5.32 Å². The van der Waals surface area contributed by atoms with Gasteiger partial charge in [0, 0.05) is 4.88 Å². The summed E-state index contributed by atoms with van der Waals surface area (Å²) in [6.07, 6.45) is 0.746. The first kappa shape index (κ1) is 15.7. The highest BCUT2D eigenvalue weighted by molar-refractivity contribution is 7.14. The summed E-state index contributed by atoms with van der Waals surface area (Å²) < 4.78 is 0. The van der Waals surface area contributed by atoms with Crippen LogP contribution >= 0.6 is 11.3 Å². The minimum Gasteiger partial charge on any atom is -0.480 e. The number of aliphatic hydroxyl groups is 1. The van der Waals surface area contributed by atoms with Crippen LogP contribution in [0.1, 0.15) is 40.4 Å². The molecule has 1 aromatic heterocycles. The number of amides is 1. The van der Waals surface area contributed by atoms with Gasteiger partial charge in [-0.2, -0.15) is 0 Å². The van der Waals surface area contributed by atoms with Crippen LogP contribution in [-0.4, -0.2) is 34.2 Å². The summed E-state index contributed by atoms with van der Waals surface area (Å²) >= 11 is 1.34. The molecule has 0 aliphatic rings. The summed E-state index contributed by atoms with van der Waals surface area (Å²) in [6, 6.07) is 0.504. The second-order valence-electron chi connectivity index (χ2n) is 4.47. The SMILES string of the molecule is CCCc1cc(C(=O)NC(C(=O)O)C(C)O)sc1C. The minimum absolute atomic E-state index is 0.455. The first-order chi connectivity index (χ1) is 8.86. The summed E-state index contributed by atoms with van der Waals surface area (Å²) in [5.41, 5.74) is 1.11. The lowest BCUT2D eigenvalue weighted by atomic mass is 10.1. The van der Waals surface area contributed by atoms with Gasteiger partial charge < -0.3 is 15.5 Å². The molecule has 0 fully saturated rings. The van der Waals surface area contributed by atoms with Crippen LogP contribution in [0.25, 0.3) is 0 Å². The second-order valence-corrected chi connectivity index (χ2v) is 5.73. The molecule has 1 heterocycles. The molecule has 0 aliphatic carbocycles. The van der Waals surface area contributed by atoms with Crippen LogP contribution in [0.2, 0.25) is 0 Å². The van der Waals surface area contributed by atoms with Crippen LogP contribution < -0.4 is 5.32 Å². The largest absolute Gasteiger partial charge is 0.480 e. The van der Waals surface area contributed by atoms with Crippen LogP contribution in [0.4, 0.5) is 0 Å². The van der Waals surface area contributed by atoms with Gasteiger partial charge in [0.2, 0.25) is 0 Å². The van der Waals surface area contributed by atoms with Crippen molar-refractivity contribution in [3.63, 3.8) is 0 Å². The molecule has 0 bridgehead atoms. The van der Waals surface area contributed by atoms with Crippen LogP contribution in [0.15, 0.2) is 6.07 Å². The molecule has 0 radical (unpaired) electrons. The third kappa shape index (κ3) is 4.04. The lowest BCUT2D eigenvalue weighted by Gasteiger charge is -2.16. The molecule has 2 atom stereocenters. The van der Waals surface area contributed by atoms with Crippen molar-refractivity contribution in [2.45, 2.75) is 45.8 Å².